The lowest BCUT2D eigenvalue weighted by atomic mass is 9.83. The molecule has 1 atom stereocenters. The molecular weight excluding hydrogens is 360 g/mol. The molecule has 3 aromatic rings. The van der Waals surface area contributed by atoms with E-state index in [4.69, 9.17) is 19.6 Å². The summed E-state index contributed by atoms with van der Waals surface area (Å²) in [6.45, 7) is 2.13. The van der Waals surface area contributed by atoms with Gasteiger partial charge in [-0.2, -0.15) is 5.26 Å². The van der Waals surface area contributed by atoms with Gasteiger partial charge in [0.05, 0.1) is 23.5 Å². The van der Waals surface area contributed by atoms with E-state index >= 15 is 0 Å². The molecule has 2 heterocycles. The predicted molar refractivity (Wildman–Crippen MR) is 101 cm³/mol. The standard InChI is InChI=1S/C21H16N2O5/c1-2-26-16-9-11(7-8-14(16)24)17-13(10-22)20(23)28-19-12-5-3-4-6-15(12)27-21(25)18(17)19/h3-9,17,24H,2,23H2,1H3. The van der Waals surface area contributed by atoms with Gasteiger partial charge in [0, 0.05) is 0 Å². The fourth-order valence-electron chi connectivity index (χ4n) is 3.38. The second kappa shape index (κ2) is 6.67. The lowest BCUT2D eigenvalue weighted by Crippen LogP contribution is -2.26. The maximum atomic E-state index is 12.8. The van der Waals surface area contributed by atoms with Crippen LogP contribution in [0.2, 0.25) is 0 Å². The normalized spacial score (nSPS) is 15.6. The van der Waals surface area contributed by atoms with Crippen LogP contribution >= 0.6 is 0 Å². The van der Waals surface area contributed by atoms with E-state index in [2.05, 4.69) is 0 Å². The van der Waals surface area contributed by atoms with Gasteiger partial charge in [-0.1, -0.05) is 18.2 Å². The molecule has 4 rings (SSSR count). The molecule has 0 saturated heterocycles. The van der Waals surface area contributed by atoms with Crippen molar-refractivity contribution in [3.05, 3.63) is 75.5 Å². The molecular formula is C21H16N2O5. The van der Waals surface area contributed by atoms with Crippen LogP contribution in [0, 0.1) is 11.3 Å². The molecule has 0 saturated carbocycles. The van der Waals surface area contributed by atoms with Crippen LogP contribution < -0.4 is 20.8 Å². The van der Waals surface area contributed by atoms with Gasteiger partial charge in [-0.15, -0.1) is 0 Å². The Morgan fingerprint density at radius 3 is 2.82 bits per heavy atom. The Morgan fingerprint density at radius 2 is 2.07 bits per heavy atom. The number of para-hydroxylation sites is 1. The summed E-state index contributed by atoms with van der Waals surface area (Å²) in [5.74, 6) is -0.427. The Morgan fingerprint density at radius 1 is 1.29 bits per heavy atom. The Labute approximate surface area is 159 Å². The van der Waals surface area contributed by atoms with Gasteiger partial charge in [0.25, 0.3) is 0 Å². The lowest BCUT2D eigenvalue weighted by Gasteiger charge is -2.26. The van der Waals surface area contributed by atoms with Crippen molar-refractivity contribution < 1.29 is 19.0 Å². The number of benzene rings is 2. The molecule has 1 aliphatic heterocycles. The Kier molecular flexibility index (Phi) is 4.17. The monoisotopic (exact) mass is 376 g/mol. The maximum absolute atomic E-state index is 12.8. The van der Waals surface area contributed by atoms with Crippen LogP contribution in [0.5, 0.6) is 17.2 Å². The molecule has 0 bridgehead atoms. The molecule has 1 aliphatic rings. The van der Waals surface area contributed by atoms with Crippen molar-refractivity contribution in [2.24, 2.45) is 5.73 Å². The number of hydrogen-bond donors (Lipinski definition) is 2. The first-order chi connectivity index (χ1) is 13.5. The number of phenolic OH excluding ortho intramolecular Hbond substituents is 1. The van der Waals surface area contributed by atoms with Gasteiger partial charge in [0.2, 0.25) is 5.88 Å². The molecule has 0 spiro atoms. The third-order valence-corrected chi connectivity index (χ3v) is 4.59. The first-order valence-electron chi connectivity index (χ1n) is 8.64. The maximum Gasteiger partial charge on any atom is 0.344 e. The van der Waals surface area contributed by atoms with E-state index in [1.54, 1.807) is 43.3 Å². The highest BCUT2D eigenvalue weighted by atomic mass is 16.5. The summed E-state index contributed by atoms with van der Waals surface area (Å²) in [7, 11) is 0. The first-order valence-corrected chi connectivity index (χ1v) is 8.64. The molecule has 0 amide bonds. The van der Waals surface area contributed by atoms with Gasteiger partial charge in [0.1, 0.15) is 17.2 Å². The van der Waals surface area contributed by atoms with Crippen LogP contribution in [0.15, 0.2) is 63.1 Å². The topological polar surface area (TPSA) is 119 Å². The highest BCUT2D eigenvalue weighted by Crippen LogP contribution is 2.44. The van der Waals surface area contributed by atoms with Crippen molar-refractivity contribution in [2.45, 2.75) is 12.8 Å². The first kappa shape index (κ1) is 17.5. The van der Waals surface area contributed by atoms with Crippen LogP contribution in [0.3, 0.4) is 0 Å². The highest BCUT2D eigenvalue weighted by molar-refractivity contribution is 5.86. The third-order valence-electron chi connectivity index (χ3n) is 4.59. The number of phenols is 1. The molecule has 140 valence electrons. The Hall–Kier alpha value is -3.92. The number of hydrogen-bond acceptors (Lipinski definition) is 7. The van der Waals surface area contributed by atoms with Crippen LogP contribution in [-0.4, -0.2) is 11.7 Å². The molecule has 1 aromatic heterocycles. The zero-order valence-electron chi connectivity index (χ0n) is 14.9. The second-order valence-electron chi connectivity index (χ2n) is 6.21. The fourth-order valence-corrected chi connectivity index (χ4v) is 3.38. The van der Waals surface area contributed by atoms with E-state index in [9.17, 15) is 15.2 Å². The van der Waals surface area contributed by atoms with Crippen molar-refractivity contribution in [2.75, 3.05) is 6.61 Å². The zero-order chi connectivity index (χ0) is 19.8. The molecule has 0 radical (unpaired) electrons. The SMILES string of the molecule is CCOc1cc(C2C(C#N)=C(N)Oc3c2c(=O)oc2ccccc32)ccc1O. The number of aromatic hydroxyl groups is 1. The van der Waals surface area contributed by atoms with Crippen molar-refractivity contribution in [3.63, 3.8) is 0 Å². The number of rotatable bonds is 3. The molecule has 7 heteroatoms. The summed E-state index contributed by atoms with van der Waals surface area (Å²) >= 11 is 0. The van der Waals surface area contributed by atoms with Crippen molar-refractivity contribution >= 4 is 11.0 Å². The quantitative estimate of drug-likeness (QED) is 0.674. The van der Waals surface area contributed by atoms with Crippen LogP contribution in [0.25, 0.3) is 11.0 Å². The zero-order valence-corrected chi connectivity index (χ0v) is 14.9. The van der Waals surface area contributed by atoms with Crippen LogP contribution in [0.1, 0.15) is 24.0 Å². The van der Waals surface area contributed by atoms with E-state index < -0.39 is 11.5 Å². The minimum Gasteiger partial charge on any atom is -0.504 e. The number of nitrogens with two attached hydrogens (primary N) is 1. The third kappa shape index (κ3) is 2.63. The van der Waals surface area contributed by atoms with Gasteiger partial charge in [-0.05, 0) is 36.8 Å². The summed E-state index contributed by atoms with van der Waals surface area (Å²) in [5, 5.41) is 20.2. The summed E-state index contributed by atoms with van der Waals surface area (Å²) in [6, 6.07) is 13.6. The predicted octanol–water partition coefficient (Wildman–Crippen LogP) is 3.12. The number of allylic oxidation sites excluding steroid dienone is 1. The number of ether oxygens (including phenoxy) is 2. The van der Waals surface area contributed by atoms with Gasteiger partial charge in [0.15, 0.2) is 17.2 Å². The minimum absolute atomic E-state index is 0.0427. The summed E-state index contributed by atoms with van der Waals surface area (Å²) in [4.78, 5) is 12.8. The summed E-state index contributed by atoms with van der Waals surface area (Å²) < 4.78 is 16.6. The average Bonchev–Trinajstić information content (AvgIpc) is 2.69. The van der Waals surface area contributed by atoms with Crippen molar-refractivity contribution in [1.29, 1.82) is 5.26 Å². The van der Waals surface area contributed by atoms with Gasteiger partial charge in [-0.3, -0.25) is 0 Å². The Balaban J connectivity index is 2.03. The number of nitriles is 1. The van der Waals surface area contributed by atoms with E-state index in [0.717, 1.165) is 0 Å². The van der Waals surface area contributed by atoms with E-state index in [1.165, 1.54) is 6.07 Å². The molecule has 1 unspecified atom stereocenters. The Bertz CT molecular complexity index is 1220. The van der Waals surface area contributed by atoms with E-state index in [1.807, 2.05) is 6.07 Å². The second-order valence-corrected chi connectivity index (χ2v) is 6.21. The van der Waals surface area contributed by atoms with Crippen molar-refractivity contribution in [3.8, 4) is 23.3 Å². The van der Waals surface area contributed by atoms with Gasteiger partial charge in [-0.25, -0.2) is 4.79 Å². The van der Waals surface area contributed by atoms with E-state index in [0.29, 0.717) is 23.1 Å². The van der Waals surface area contributed by atoms with Gasteiger partial charge >= 0.3 is 5.63 Å². The molecule has 7 nitrogen and oxygen atoms in total. The van der Waals surface area contributed by atoms with Crippen LogP contribution in [0.4, 0.5) is 0 Å². The fraction of sp³-hybridized carbons (Fsp3) is 0.143. The smallest absolute Gasteiger partial charge is 0.344 e. The van der Waals surface area contributed by atoms with E-state index in [-0.39, 0.29) is 34.3 Å². The summed E-state index contributed by atoms with van der Waals surface area (Å²) in [5.41, 5.74) is 6.57. The lowest BCUT2D eigenvalue weighted by molar-refractivity contribution is 0.317. The average molecular weight is 376 g/mol. The summed E-state index contributed by atoms with van der Waals surface area (Å²) in [6.07, 6.45) is 0. The van der Waals surface area contributed by atoms with Gasteiger partial charge < -0.3 is 24.7 Å². The van der Waals surface area contributed by atoms with Crippen molar-refractivity contribution in [1.82, 2.24) is 0 Å². The van der Waals surface area contributed by atoms with Crippen LogP contribution in [-0.2, 0) is 0 Å². The minimum atomic E-state index is -0.811. The number of nitrogens with zero attached hydrogens (tertiary/aromatic N) is 1. The largest absolute Gasteiger partial charge is 0.504 e. The molecule has 3 N–H and O–H groups in total. The molecule has 28 heavy (non-hydrogen) atoms. The number of fused-ring (bicyclic) bond motifs is 3. The molecule has 0 fully saturated rings. The molecule has 0 aliphatic carbocycles. The highest BCUT2D eigenvalue weighted by Gasteiger charge is 2.35. The molecule has 2 aromatic carbocycles.